The number of carbonyl (C=O) groups is 1. The van der Waals surface area contributed by atoms with E-state index >= 15 is 0 Å². The van der Waals surface area contributed by atoms with Gasteiger partial charge in [0.25, 0.3) is 0 Å². The molecule has 0 radical (unpaired) electrons. The van der Waals surface area contributed by atoms with Crippen molar-refractivity contribution in [3.8, 4) is 0 Å². The first-order valence-corrected chi connectivity index (χ1v) is 5.51. The number of benzene rings is 1. The Labute approximate surface area is 100 Å². The molecule has 0 atom stereocenters. The van der Waals surface area contributed by atoms with Crippen molar-refractivity contribution in [3.63, 3.8) is 0 Å². The standard InChI is InChI=1S/C13H15N3O/c1-9-5-3-4-6-11(9)7-12(17)15-13-10(2)8-14-16-13/h3-6,8H,7H2,1-2H3,(H2,14,15,16,17). The van der Waals surface area contributed by atoms with Gasteiger partial charge >= 0.3 is 0 Å². The minimum atomic E-state index is -0.0355. The summed E-state index contributed by atoms with van der Waals surface area (Å²) in [6.45, 7) is 3.90. The lowest BCUT2D eigenvalue weighted by atomic mass is 10.1. The second-order valence-electron chi connectivity index (χ2n) is 4.08. The monoisotopic (exact) mass is 229 g/mol. The molecule has 0 bridgehead atoms. The van der Waals surface area contributed by atoms with Gasteiger partial charge in [-0.3, -0.25) is 9.89 Å². The molecule has 2 aromatic rings. The zero-order valence-corrected chi connectivity index (χ0v) is 9.95. The first kappa shape index (κ1) is 11.4. The van der Waals surface area contributed by atoms with Crippen LogP contribution in [0.4, 0.5) is 5.82 Å². The van der Waals surface area contributed by atoms with Crippen molar-refractivity contribution in [1.82, 2.24) is 10.2 Å². The van der Waals surface area contributed by atoms with Crippen LogP contribution in [0.5, 0.6) is 0 Å². The van der Waals surface area contributed by atoms with Crippen LogP contribution in [0.2, 0.25) is 0 Å². The minimum Gasteiger partial charge on any atom is -0.311 e. The SMILES string of the molecule is Cc1ccccc1CC(=O)Nc1[nH]ncc1C. The van der Waals surface area contributed by atoms with Gasteiger partial charge in [0.2, 0.25) is 5.91 Å². The molecule has 0 saturated heterocycles. The van der Waals surface area contributed by atoms with Crippen molar-refractivity contribution in [2.24, 2.45) is 0 Å². The first-order valence-electron chi connectivity index (χ1n) is 5.51. The molecule has 0 aliphatic rings. The van der Waals surface area contributed by atoms with Crippen LogP contribution in [0, 0.1) is 13.8 Å². The van der Waals surface area contributed by atoms with Gasteiger partial charge in [-0.25, -0.2) is 0 Å². The summed E-state index contributed by atoms with van der Waals surface area (Å²) in [6.07, 6.45) is 2.06. The Hall–Kier alpha value is -2.10. The summed E-state index contributed by atoms with van der Waals surface area (Å²) in [7, 11) is 0. The maximum atomic E-state index is 11.8. The number of hydrogen-bond donors (Lipinski definition) is 2. The van der Waals surface area contributed by atoms with Crippen LogP contribution in [0.15, 0.2) is 30.5 Å². The molecule has 2 rings (SSSR count). The molecule has 1 heterocycles. The third-order valence-electron chi connectivity index (χ3n) is 2.71. The molecule has 0 unspecified atom stereocenters. The number of carbonyl (C=O) groups excluding carboxylic acids is 1. The van der Waals surface area contributed by atoms with E-state index in [-0.39, 0.29) is 5.91 Å². The maximum Gasteiger partial charge on any atom is 0.229 e. The number of nitrogens with one attached hydrogen (secondary N) is 2. The quantitative estimate of drug-likeness (QED) is 0.847. The second kappa shape index (κ2) is 4.82. The lowest BCUT2D eigenvalue weighted by molar-refractivity contribution is -0.115. The number of anilines is 1. The summed E-state index contributed by atoms with van der Waals surface area (Å²) in [5.41, 5.74) is 3.11. The van der Waals surface area contributed by atoms with Gasteiger partial charge in [-0.1, -0.05) is 24.3 Å². The molecule has 0 spiro atoms. The number of H-pyrrole nitrogens is 1. The molecule has 0 fully saturated rings. The fourth-order valence-corrected chi connectivity index (χ4v) is 1.64. The van der Waals surface area contributed by atoms with Crippen LogP contribution in [0.1, 0.15) is 16.7 Å². The topological polar surface area (TPSA) is 57.8 Å². The number of amides is 1. The van der Waals surface area contributed by atoms with Crippen LogP contribution in [-0.2, 0) is 11.2 Å². The summed E-state index contributed by atoms with van der Waals surface area (Å²) in [5.74, 6) is 0.634. The molecule has 17 heavy (non-hydrogen) atoms. The van der Waals surface area contributed by atoms with Crippen molar-refractivity contribution in [3.05, 3.63) is 47.2 Å². The van der Waals surface area contributed by atoms with E-state index in [4.69, 9.17) is 0 Å². The van der Waals surface area contributed by atoms with Gasteiger partial charge in [0.1, 0.15) is 5.82 Å². The maximum absolute atomic E-state index is 11.8. The first-order chi connectivity index (χ1) is 8.16. The zero-order valence-electron chi connectivity index (χ0n) is 9.95. The van der Waals surface area contributed by atoms with Crippen LogP contribution in [0.25, 0.3) is 0 Å². The second-order valence-corrected chi connectivity index (χ2v) is 4.08. The zero-order chi connectivity index (χ0) is 12.3. The largest absolute Gasteiger partial charge is 0.311 e. The Bertz CT molecular complexity index is 531. The Morgan fingerprint density at radius 1 is 1.29 bits per heavy atom. The Balaban J connectivity index is 2.03. The van der Waals surface area contributed by atoms with Crippen molar-refractivity contribution < 1.29 is 4.79 Å². The Kier molecular flexibility index (Phi) is 3.23. The summed E-state index contributed by atoms with van der Waals surface area (Å²) in [6, 6.07) is 7.88. The lowest BCUT2D eigenvalue weighted by Crippen LogP contribution is -2.15. The van der Waals surface area contributed by atoms with Gasteiger partial charge in [0.15, 0.2) is 0 Å². The molecular formula is C13H15N3O. The molecule has 88 valence electrons. The van der Waals surface area contributed by atoms with Crippen molar-refractivity contribution in [1.29, 1.82) is 0 Å². The molecule has 0 aliphatic heterocycles. The fraction of sp³-hybridized carbons (Fsp3) is 0.231. The number of aromatic amines is 1. The molecule has 1 aromatic heterocycles. The molecule has 0 saturated carbocycles. The lowest BCUT2D eigenvalue weighted by Gasteiger charge is -2.06. The smallest absolute Gasteiger partial charge is 0.229 e. The highest BCUT2D eigenvalue weighted by molar-refractivity contribution is 5.92. The van der Waals surface area contributed by atoms with Gasteiger partial charge < -0.3 is 5.32 Å². The molecule has 1 amide bonds. The molecule has 4 nitrogen and oxygen atoms in total. The summed E-state index contributed by atoms with van der Waals surface area (Å²) < 4.78 is 0. The minimum absolute atomic E-state index is 0.0355. The molecule has 4 heteroatoms. The molecular weight excluding hydrogens is 214 g/mol. The average Bonchev–Trinajstić information content (AvgIpc) is 2.68. The Morgan fingerprint density at radius 3 is 2.71 bits per heavy atom. The highest BCUT2D eigenvalue weighted by atomic mass is 16.1. The van der Waals surface area contributed by atoms with Crippen molar-refractivity contribution in [2.45, 2.75) is 20.3 Å². The van der Waals surface area contributed by atoms with E-state index in [0.717, 1.165) is 16.7 Å². The molecule has 2 N–H and O–H groups in total. The number of aromatic nitrogens is 2. The van der Waals surface area contributed by atoms with Crippen LogP contribution in [-0.4, -0.2) is 16.1 Å². The highest BCUT2D eigenvalue weighted by Crippen LogP contribution is 2.11. The van der Waals surface area contributed by atoms with E-state index < -0.39 is 0 Å². The Morgan fingerprint density at radius 2 is 2.06 bits per heavy atom. The van der Waals surface area contributed by atoms with Crippen LogP contribution < -0.4 is 5.32 Å². The van der Waals surface area contributed by atoms with E-state index in [2.05, 4.69) is 15.5 Å². The molecule has 0 aliphatic carbocycles. The number of hydrogen-bond acceptors (Lipinski definition) is 2. The van der Waals surface area contributed by atoms with Crippen LogP contribution >= 0.6 is 0 Å². The number of aryl methyl sites for hydroxylation is 2. The summed E-state index contributed by atoms with van der Waals surface area (Å²) in [4.78, 5) is 11.8. The predicted molar refractivity (Wildman–Crippen MR) is 66.8 cm³/mol. The van der Waals surface area contributed by atoms with Crippen LogP contribution in [0.3, 0.4) is 0 Å². The fourth-order valence-electron chi connectivity index (χ4n) is 1.64. The number of nitrogens with zero attached hydrogens (tertiary/aromatic N) is 1. The van der Waals surface area contributed by atoms with Gasteiger partial charge in [-0.05, 0) is 25.0 Å². The van der Waals surface area contributed by atoms with Gasteiger partial charge in [0, 0.05) is 5.56 Å². The summed E-state index contributed by atoms with van der Waals surface area (Å²) >= 11 is 0. The van der Waals surface area contributed by atoms with E-state index in [1.807, 2.05) is 38.1 Å². The van der Waals surface area contributed by atoms with E-state index in [9.17, 15) is 4.79 Å². The van der Waals surface area contributed by atoms with E-state index in [1.165, 1.54) is 0 Å². The van der Waals surface area contributed by atoms with E-state index in [1.54, 1.807) is 6.20 Å². The van der Waals surface area contributed by atoms with E-state index in [0.29, 0.717) is 12.2 Å². The normalized spacial score (nSPS) is 10.2. The third kappa shape index (κ3) is 2.72. The van der Waals surface area contributed by atoms with Crippen molar-refractivity contribution >= 4 is 11.7 Å². The molecule has 1 aromatic carbocycles. The van der Waals surface area contributed by atoms with Gasteiger partial charge in [0.05, 0.1) is 12.6 Å². The predicted octanol–water partition coefficient (Wildman–Crippen LogP) is 2.21. The summed E-state index contributed by atoms with van der Waals surface area (Å²) in [5, 5.41) is 9.42. The van der Waals surface area contributed by atoms with Crippen molar-refractivity contribution in [2.75, 3.05) is 5.32 Å². The van der Waals surface area contributed by atoms with Gasteiger partial charge in [-0.15, -0.1) is 0 Å². The van der Waals surface area contributed by atoms with Gasteiger partial charge in [-0.2, -0.15) is 5.10 Å². The number of rotatable bonds is 3. The average molecular weight is 229 g/mol. The highest BCUT2D eigenvalue weighted by Gasteiger charge is 2.08. The third-order valence-corrected chi connectivity index (χ3v) is 2.71.